The standard InChI is InChI=1S/C11H24OSi/c1-8-9-10(2)12-13(6,7)11(3,4)5/h9H,8H2,1-7H3/b10-9+. The molecular weight excluding hydrogens is 176 g/mol. The van der Waals surface area contributed by atoms with Gasteiger partial charge in [0.05, 0.1) is 5.76 Å². The lowest BCUT2D eigenvalue weighted by Gasteiger charge is -2.36. The van der Waals surface area contributed by atoms with Crippen LogP contribution in [0.25, 0.3) is 0 Å². The van der Waals surface area contributed by atoms with Gasteiger partial charge in [0.15, 0.2) is 0 Å². The minimum Gasteiger partial charge on any atom is -0.547 e. The Hall–Kier alpha value is -0.243. The Balaban J connectivity index is 4.43. The molecule has 0 radical (unpaired) electrons. The van der Waals surface area contributed by atoms with Crippen LogP contribution in [-0.4, -0.2) is 8.32 Å². The van der Waals surface area contributed by atoms with Gasteiger partial charge in [-0.2, -0.15) is 0 Å². The first kappa shape index (κ1) is 12.8. The molecule has 13 heavy (non-hydrogen) atoms. The molecule has 78 valence electrons. The number of hydrogen-bond donors (Lipinski definition) is 0. The third-order valence-electron chi connectivity index (χ3n) is 2.71. The van der Waals surface area contributed by atoms with Crippen molar-refractivity contribution in [2.45, 2.75) is 59.2 Å². The second-order valence-electron chi connectivity index (χ2n) is 5.09. The SMILES string of the molecule is CC/C=C(\C)O[Si](C)(C)C(C)(C)C. The molecule has 0 aliphatic rings. The van der Waals surface area contributed by atoms with Crippen LogP contribution in [-0.2, 0) is 4.43 Å². The second kappa shape index (κ2) is 4.31. The van der Waals surface area contributed by atoms with Crippen molar-refractivity contribution in [3.05, 3.63) is 11.8 Å². The predicted molar refractivity (Wildman–Crippen MR) is 62.3 cm³/mol. The molecule has 0 rings (SSSR count). The fourth-order valence-corrected chi connectivity index (χ4v) is 2.08. The largest absolute Gasteiger partial charge is 0.547 e. The maximum absolute atomic E-state index is 6.04. The molecule has 0 saturated heterocycles. The molecule has 0 bridgehead atoms. The van der Waals surface area contributed by atoms with Gasteiger partial charge in [-0.05, 0) is 37.6 Å². The van der Waals surface area contributed by atoms with Crippen LogP contribution < -0.4 is 0 Å². The Morgan fingerprint density at radius 2 is 1.77 bits per heavy atom. The van der Waals surface area contributed by atoms with Crippen LogP contribution in [0.4, 0.5) is 0 Å². The predicted octanol–water partition coefficient (Wildman–Crippen LogP) is 4.32. The van der Waals surface area contributed by atoms with E-state index in [1.807, 2.05) is 0 Å². The van der Waals surface area contributed by atoms with E-state index in [1.54, 1.807) is 0 Å². The first-order valence-corrected chi connectivity index (χ1v) is 7.97. The summed E-state index contributed by atoms with van der Waals surface area (Å²) in [4.78, 5) is 0. The summed E-state index contributed by atoms with van der Waals surface area (Å²) in [6, 6.07) is 0. The summed E-state index contributed by atoms with van der Waals surface area (Å²) in [6.45, 7) is 15.5. The van der Waals surface area contributed by atoms with E-state index >= 15 is 0 Å². The maximum atomic E-state index is 6.04. The third-order valence-corrected chi connectivity index (χ3v) is 7.16. The molecular formula is C11H24OSi. The summed E-state index contributed by atoms with van der Waals surface area (Å²) in [5.41, 5.74) is 0. The molecule has 0 atom stereocenters. The molecule has 0 aliphatic heterocycles. The smallest absolute Gasteiger partial charge is 0.250 e. The highest BCUT2D eigenvalue weighted by Crippen LogP contribution is 2.37. The van der Waals surface area contributed by atoms with Crippen molar-refractivity contribution in [2.75, 3.05) is 0 Å². The first-order chi connectivity index (χ1) is 5.70. The summed E-state index contributed by atoms with van der Waals surface area (Å²) in [5.74, 6) is 1.09. The van der Waals surface area contributed by atoms with E-state index in [9.17, 15) is 0 Å². The monoisotopic (exact) mass is 200 g/mol. The Morgan fingerprint density at radius 1 is 1.31 bits per heavy atom. The van der Waals surface area contributed by atoms with Crippen LogP contribution in [0, 0.1) is 0 Å². The normalized spacial score (nSPS) is 14.5. The van der Waals surface area contributed by atoms with Gasteiger partial charge in [0.1, 0.15) is 0 Å². The Labute approximate surface area is 84.3 Å². The molecule has 2 heteroatoms. The van der Waals surface area contributed by atoms with E-state index < -0.39 is 8.32 Å². The summed E-state index contributed by atoms with van der Waals surface area (Å²) >= 11 is 0. The van der Waals surface area contributed by atoms with E-state index in [4.69, 9.17) is 4.43 Å². The third kappa shape index (κ3) is 3.99. The molecule has 0 heterocycles. The number of allylic oxidation sites excluding steroid dienone is 2. The van der Waals surface area contributed by atoms with Crippen molar-refractivity contribution < 1.29 is 4.43 Å². The molecule has 0 aromatic heterocycles. The van der Waals surface area contributed by atoms with Gasteiger partial charge in [-0.15, -0.1) is 0 Å². The quantitative estimate of drug-likeness (QED) is 0.487. The van der Waals surface area contributed by atoms with E-state index in [0.29, 0.717) is 5.04 Å². The highest BCUT2D eigenvalue weighted by Gasteiger charge is 2.38. The fraction of sp³-hybridized carbons (Fsp3) is 0.818. The van der Waals surface area contributed by atoms with E-state index in [-0.39, 0.29) is 0 Å². The van der Waals surface area contributed by atoms with Crippen molar-refractivity contribution >= 4 is 8.32 Å². The number of rotatable bonds is 3. The van der Waals surface area contributed by atoms with Gasteiger partial charge in [0.2, 0.25) is 8.32 Å². The molecule has 0 unspecified atom stereocenters. The summed E-state index contributed by atoms with van der Waals surface area (Å²) < 4.78 is 6.04. The van der Waals surface area contributed by atoms with Crippen molar-refractivity contribution in [3.8, 4) is 0 Å². The minimum absolute atomic E-state index is 0.301. The van der Waals surface area contributed by atoms with Crippen LogP contribution in [0.5, 0.6) is 0 Å². The lowest BCUT2D eigenvalue weighted by molar-refractivity contribution is 0.384. The molecule has 0 aromatic carbocycles. The Kier molecular flexibility index (Phi) is 4.23. The molecule has 1 nitrogen and oxygen atoms in total. The van der Waals surface area contributed by atoms with Crippen LogP contribution in [0.2, 0.25) is 18.1 Å². The maximum Gasteiger partial charge on any atom is 0.250 e. The second-order valence-corrected chi connectivity index (χ2v) is 9.81. The zero-order chi connectivity index (χ0) is 10.7. The molecule has 0 saturated carbocycles. The summed E-state index contributed by atoms with van der Waals surface area (Å²) in [7, 11) is -1.57. The summed E-state index contributed by atoms with van der Waals surface area (Å²) in [6.07, 6.45) is 3.21. The molecule has 0 aromatic rings. The van der Waals surface area contributed by atoms with Gasteiger partial charge in [-0.3, -0.25) is 0 Å². The van der Waals surface area contributed by atoms with Gasteiger partial charge in [0, 0.05) is 0 Å². The van der Waals surface area contributed by atoms with Crippen molar-refractivity contribution in [1.82, 2.24) is 0 Å². The first-order valence-electron chi connectivity index (χ1n) is 5.06. The van der Waals surface area contributed by atoms with Gasteiger partial charge >= 0.3 is 0 Å². The summed E-state index contributed by atoms with van der Waals surface area (Å²) in [5, 5.41) is 0.301. The Morgan fingerprint density at radius 3 is 2.08 bits per heavy atom. The molecule has 0 fully saturated rings. The highest BCUT2D eigenvalue weighted by molar-refractivity contribution is 6.74. The van der Waals surface area contributed by atoms with Crippen LogP contribution in [0.1, 0.15) is 41.0 Å². The average Bonchev–Trinajstić information content (AvgIpc) is 1.83. The zero-order valence-electron chi connectivity index (χ0n) is 10.2. The van der Waals surface area contributed by atoms with Crippen molar-refractivity contribution in [3.63, 3.8) is 0 Å². The van der Waals surface area contributed by atoms with E-state index in [1.165, 1.54) is 0 Å². The van der Waals surface area contributed by atoms with Crippen LogP contribution in [0.3, 0.4) is 0 Å². The van der Waals surface area contributed by atoms with Gasteiger partial charge in [-0.1, -0.05) is 27.7 Å². The molecule has 0 aliphatic carbocycles. The molecule has 0 N–H and O–H groups in total. The molecule has 0 spiro atoms. The highest BCUT2D eigenvalue weighted by atomic mass is 28.4. The topological polar surface area (TPSA) is 9.23 Å². The van der Waals surface area contributed by atoms with E-state index in [0.717, 1.165) is 12.2 Å². The Bertz CT molecular complexity index is 187. The zero-order valence-corrected chi connectivity index (χ0v) is 11.2. The van der Waals surface area contributed by atoms with Gasteiger partial charge in [-0.25, -0.2) is 0 Å². The average molecular weight is 200 g/mol. The lowest BCUT2D eigenvalue weighted by Crippen LogP contribution is -2.40. The minimum atomic E-state index is -1.57. The van der Waals surface area contributed by atoms with Crippen molar-refractivity contribution in [2.24, 2.45) is 0 Å². The van der Waals surface area contributed by atoms with Gasteiger partial charge < -0.3 is 4.43 Å². The fourth-order valence-electron chi connectivity index (χ4n) is 0.885. The van der Waals surface area contributed by atoms with E-state index in [2.05, 4.69) is 53.8 Å². The lowest BCUT2D eigenvalue weighted by atomic mass is 10.2. The van der Waals surface area contributed by atoms with Gasteiger partial charge in [0.25, 0.3) is 0 Å². The van der Waals surface area contributed by atoms with Crippen molar-refractivity contribution in [1.29, 1.82) is 0 Å². The van der Waals surface area contributed by atoms with Crippen LogP contribution in [0.15, 0.2) is 11.8 Å². The number of hydrogen-bond acceptors (Lipinski definition) is 1. The molecule has 0 amide bonds. The van der Waals surface area contributed by atoms with Crippen LogP contribution >= 0.6 is 0 Å².